The van der Waals surface area contributed by atoms with Crippen molar-refractivity contribution in [2.75, 3.05) is 0 Å². The van der Waals surface area contributed by atoms with E-state index in [1.165, 1.54) is 0 Å². The van der Waals surface area contributed by atoms with Gasteiger partial charge in [0.1, 0.15) is 0 Å². The number of hydrogen-bond donors (Lipinski definition) is 1. The highest BCUT2D eigenvalue weighted by Crippen LogP contribution is 2.04. The van der Waals surface area contributed by atoms with Gasteiger partial charge in [0, 0.05) is 5.69 Å². The molecule has 1 N–H and O–H groups in total. The zero-order valence-electron chi connectivity index (χ0n) is 9.34. The number of aromatic amines is 1. The number of H-pyrrole nitrogens is 1. The third-order valence-corrected chi connectivity index (χ3v) is 2.33. The highest BCUT2D eigenvalue weighted by molar-refractivity contribution is 5.73. The second kappa shape index (κ2) is 5.66. The van der Waals surface area contributed by atoms with Crippen LogP contribution in [0.4, 0.5) is 0 Å². The zero-order chi connectivity index (χ0) is 11.9. The summed E-state index contributed by atoms with van der Waals surface area (Å²) in [5, 5.41) is 0. The summed E-state index contributed by atoms with van der Waals surface area (Å²) in [7, 11) is 0. The van der Waals surface area contributed by atoms with Gasteiger partial charge in [-0.05, 0) is 23.8 Å². The van der Waals surface area contributed by atoms with Gasteiger partial charge in [0.2, 0.25) is 0 Å². The predicted molar refractivity (Wildman–Crippen MR) is 70.7 cm³/mol. The molecule has 0 bridgehead atoms. The van der Waals surface area contributed by atoms with Gasteiger partial charge in [0.15, 0.2) is 6.29 Å². The van der Waals surface area contributed by atoms with Crippen molar-refractivity contribution in [3.05, 3.63) is 71.6 Å². The summed E-state index contributed by atoms with van der Waals surface area (Å²) in [6.45, 7) is 0. The molecular formula is C15H13NO. The van der Waals surface area contributed by atoms with Crippen molar-refractivity contribution in [2.24, 2.45) is 0 Å². The van der Waals surface area contributed by atoms with Crippen LogP contribution in [0, 0.1) is 0 Å². The minimum atomic E-state index is 0.594. The fourth-order valence-corrected chi connectivity index (χ4v) is 1.49. The molecule has 0 radical (unpaired) electrons. The standard InChI is InChI=1S/C15H13NO/c17-12-15-11-10-14(16-15)9-5-4-8-13-6-2-1-3-7-13/h1-12,16H/b8-4+,9-5+. The first kappa shape index (κ1) is 11.1. The van der Waals surface area contributed by atoms with Crippen molar-refractivity contribution in [2.45, 2.75) is 0 Å². The molecule has 0 amide bonds. The van der Waals surface area contributed by atoms with Crippen LogP contribution in [0.15, 0.2) is 54.6 Å². The Morgan fingerprint density at radius 2 is 1.53 bits per heavy atom. The van der Waals surface area contributed by atoms with Gasteiger partial charge in [-0.15, -0.1) is 0 Å². The van der Waals surface area contributed by atoms with E-state index in [0.717, 1.165) is 17.5 Å². The number of aromatic nitrogens is 1. The third kappa shape index (κ3) is 3.31. The first-order chi connectivity index (χ1) is 8.38. The summed E-state index contributed by atoms with van der Waals surface area (Å²) in [6.07, 6.45) is 8.66. The summed E-state index contributed by atoms with van der Waals surface area (Å²) in [5.41, 5.74) is 2.68. The lowest BCUT2D eigenvalue weighted by molar-refractivity contribution is 0.111. The minimum Gasteiger partial charge on any atom is -0.353 e. The van der Waals surface area contributed by atoms with E-state index in [-0.39, 0.29) is 0 Å². The summed E-state index contributed by atoms with van der Waals surface area (Å²) < 4.78 is 0. The van der Waals surface area contributed by atoms with Gasteiger partial charge in [0.25, 0.3) is 0 Å². The van der Waals surface area contributed by atoms with Crippen LogP contribution in [0.25, 0.3) is 12.2 Å². The van der Waals surface area contributed by atoms with Crippen LogP contribution in [0.1, 0.15) is 21.7 Å². The number of carbonyl (C=O) groups excluding carboxylic acids is 1. The normalized spacial score (nSPS) is 11.3. The van der Waals surface area contributed by atoms with Crippen molar-refractivity contribution < 1.29 is 4.79 Å². The summed E-state index contributed by atoms with van der Waals surface area (Å²) in [6, 6.07) is 13.7. The number of nitrogens with one attached hydrogen (secondary N) is 1. The van der Waals surface area contributed by atoms with E-state index in [2.05, 4.69) is 4.98 Å². The summed E-state index contributed by atoms with van der Waals surface area (Å²) in [5.74, 6) is 0. The molecule has 0 fully saturated rings. The Hall–Kier alpha value is -2.35. The molecule has 0 saturated carbocycles. The number of aldehydes is 1. The first-order valence-electron chi connectivity index (χ1n) is 5.42. The second-order valence-corrected chi connectivity index (χ2v) is 3.62. The van der Waals surface area contributed by atoms with Crippen LogP contribution < -0.4 is 0 Å². The second-order valence-electron chi connectivity index (χ2n) is 3.62. The van der Waals surface area contributed by atoms with E-state index in [0.29, 0.717) is 5.69 Å². The average Bonchev–Trinajstić information content (AvgIpc) is 2.84. The van der Waals surface area contributed by atoms with Crippen LogP contribution >= 0.6 is 0 Å². The highest BCUT2D eigenvalue weighted by atomic mass is 16.1. The maximum atomic E-state index is 10.5. The Morgan fingerprint density at radius 1 is 0.824 bits per heavy atom. The van der Waals surface area contributed by atoms with E-state index >= 15 is 0 Å². The fourth-order valence-electron chi connectivity index (χ4n) is 1.49. The van der Waals surface area contributed by atoms with E-state index < -0.39 is 0 Å². The molecule has 2 rings (SSSR count). The maximum absolute atomic E-state index is 10.5. The lowest BCUT2D eigenvalue weighted by Crippen LogP contribution is -1.77. The van der Waals surface area contributed by atoms with Crippen molar-refractivity contribution in [3.8, 4) is 0 Å². The molecule has 1 aromatic heterocycles. The molecule has 1 aromatic carbocycles. The Balaban J connectivity index is 1.98. The van der Waals surface area contributed by atoms with Crippen LogP contribution in [0.2, 0.25) is 0 Å². The molecule has 0 spiro atoms. The highest BCUT2D eigenvalue weighted by Gasteiger charge is 1.91. The smallest absolute Gasteiger partial charge is 0.166 e. The largest absolute Gasteiger partial charge is 0.353 e. The molecule has 0 aliphatic carbocycles. The monoisotopic (exact) mass is 223 g/mol. The molecule has 2 heteroatoms. The van der Waals surface area contributed by atoms with Gasteiger partial charge in [0.05, 0.1) is 5.69 Å². The van der Waals surface area contributed by atoms with Gasteiger partial charge < -0.3 is 4.98 Å². The molecular weight excluding hydrogens is 210 g/mol. The zero-order valence-corrected chi connectivity index (χ0v) is 9.34. The quantitative estimate of drug-likeness (QED) is 0.624. The van der Waals surface area contributed by atoms with E-state index in [1.807, 2.05) is 60.7 Å². The summed E-state index contributed by atoms with van der Waals surface area (Å²) in [4.78, 5) is 13.4. The number of rotatable bonds is 4. The Morgan fingerprint density at radius 3 is 2.24 bits per heavy atom. The van der Waals surface area contributed by atoms with Crippen LogP contribution in [-0.2, 0) is 0 Å². The number of benzene rings is 1. The van der Waals surface area contributed by atoms with Crippen LogP contribution in [0.5, 0.6) is 0 Å². The molecule has 84 valence electrons. The molecule has 1 heterocycles. The van der Waals surface area contributed by atoms with Gasteiger partial charge in [-0.2, -0.15) is 0 Å². The molecule has 0 aliphatic rings. The van der Waals surface area contributed by atoms with E-state index in [1.54, 1.807) is 6.07 Å². The van der Waals surface area contributed by atoms with Crippen molar-refractivity contribution in [1.82, 2.24) is 4.98 Å². The topological polar surface area (TPSA) is 32.9 Å². The lowest BCUT2D eigenvalue weighted by Gasteiger charge is -1.88. The molecule has 2 aromatic rings. The Kier molecular flexibility index (Phi) is 3.71. The minimum absolute atomic E-state index is 0.594. The van der Waals surface area contributed by atoms with Gasteiger partial charge >= 0.3 is 0 Å². The molecule has 0 aliphatic heterocycles. The number of carbonyl (C=O) groups is 1. The van der Waals surface area contributed by atoms with Gasteiger partial charge in [-0.1, -0.05) is 48.6 Å². The Bertz CT molecular complexity index is 535. The van der Waals surface area contributed by atoms with Crippen molar-refractivity contribution in [3.63, 3.8) is 0 Å². The van der Waals surface area contributed by atoms with Crippen molar-refractivity contribution in [1.29, 1.82) is 0 Å². The van der Waals surface area contributed by atoms with E-state index in [9.17, 15) is 4.79 Å². The summed E-state index contributed by atoms with van der Waals surface area (Å²) >= 11 is 0. The maximum Gasteiger partial charge on any atom is 0.166 e. The fraction of sp³-hybridized carbons (Fsp3) is 0. The molecule has 0 atom stereocenters. The molecule has 17 heavy (non-hydrogen) atoms. The van der Waals surface area contributed by atoms with Crippen LogP contribution in [-0.4, -0.2) is 11.3 Å². The molecule has 0 saturated heterocycles. The number of allylic oxidation sites excluding steroid dienone is 2. The Labute approximate surface area is 100 Å². The van der Waals surface area contributed by atoms with E-state index in [4.69, 9.17) is 0 Å². The predicted octanol–water partition coefficient (Wildman–Crippen LogP) is 3.55. The van der Waals surface area contributed by atoms with Gasteiger partial charge in [-0.3, -0.25) is 4.79 Å². The van der Waals surface area contributed by atoms with Crippen LogP contribution in [0.3, 0.4) is 0 Å². The average molecular weight is 223 g/mol. The third-order valence-electron chi connectivity index (χ3n) is 2.33. The van der Waals surface area contributed by atoms with Gasteiger partial charge in [-0.25, -0.2) is 0 Å². The lowest BCUT2D eigenvalue weighted by atomic mass is 10.2. The molecule has 2 nitrogen and oxygen atoms in total. The van der Waals surface area contributed by atoms with Crippen molar-refractivity contribution >= 4 is 18.4 Å². The number of hydrogen-bond acceptors (Lipinski definition) is 1. The SMILES string of the molecule is O=Cc1ccc(/C=C/C=C/c2ccccc2)[nH]1. The first-order valence-corrected chi connectivity index (χ1v) is 5.42. The molecule has 0 unspecified atom stereocenters.